The highest BCUT2D eigenvalue weighted by molar-refractivity contribution is 5.87. The van der Waals surface area contributed by atoms with Crippen LogP contribution in [0.4, 0.5) is 17.6 Å². The molecule has 1 fully saturated rings. The number of halogens is 4. The molecular formula is C15H15F4N3O2. The van der Waals surface area contributed by atoms with Crippen LogP contribution >= 0.6 is 0 Å². The van der Waals surface area contributed by atoms with Crippen molar-refractivity contribution < 1.29 is 27.5 Å². The zero-order valence-electron chi connectivity index (χ0n) is 12.6. The number of hydrogen-bond acceptors (Lipinski definition) is 4. The monoisotopic (exact) mass is 345 g/mol. The summed E-state index contributed by atoms with van der Waals surface area (Å²) in [5.41, 5.74) is -2.04. The summed E-state index contributed by atoms with van der Waals surface area (Å²) < 4.78 is 52.4. The Kier molecular flexibility index (Phi) is 4.06. The normalized spacial score (nSPS) is 22.8. The average molecular weight is 345 g/mol. The fourth-order valence-corrected chi connectivity index (χ4v) is 3.07. The molecule has 3 rings (SSSR count). The molecule has 1 atom stereocenters. The van der Waals surface area contributed by atoms with Gasteiger partial charge in [0.05, 0.1) is 5.56 Å². The summed E-state index contributed by atoms with van der Waals surface area (Å²) in [7, 11) is 0. The van der Waals surface area contributed by atoms with E-state index in [1.54, 1.807) is 0 Å². The van der Waals surface area contributed by atoms with Crippen molar-refractivity contribution in [3.05, 3.63) is 35.1 Å². The van der Waals surface area contributed by atoms with E-state index in [9.17, 15) is 22.4 Å². The van der Waals surface area contributed by atoms with E-state index in [0.29, 0.717) is 19.5 Å². The average Bonchev–Trinajstić information content (AvgIpc) is 3.15. The molecule has 0 amide bonds. The number of carboxylic acids is 1. The minimum absolute atomic E-state index is 0.0197. The van der Waals surface area contributed by atoms with Gasteiger partial charge in [0.2, 0.25) is 0 Å². The standard InChI is InChI=1S/C15H15F4N3O2/c16-12-2-1-10(13(23)24)5-11(12)8-22-4-3-9(7-22)6-14(20-21-14)15(17,18)19/h1-2,5,9H,3-4,6-8H2,(H,23,24). The first-order valence-corrected chi connectivity index (χ1v) is 7.45. The van der Waals surface area contributed by atoms with Gasteiger partial charge in [-0.3, -0.25) is 4.90 Å². The molecular weight excluding hydrogens is 330 g/mol. The highest BCUT2D eigenvalue weighted by atomic mass is 19.4. The van der Waals surface area contributed by atoms with Gasteiger partial charge in [0.1, 0.15) is 5.82 Å². The molecule has 130 valence electrons. The molecule has 24 heavy (non-hydrogen) atoms. The Labute approximate surface area is 135 Å². The van der Waals surface area contributed by atoms with Gasteiger partial charge in [-0.15, -0.1) is 10.2 Å². The van der Waals surface area contributed by atoms with Gasteiger partial charge in [-0.05, 0) is 37.1 Å². The Morgan fingerprint density at radius 1 is 1.38 bits per heavy atom. The van der Waals surface area contributed by atoms with Crippen LogP contribution in [0.5, 0.6) is 0 Å². The van der Waals surface area contributed by atoms with Gasteiger partial charge < -0.3 is 5.11 Å². The van der Waals surface area contributed by atoms with Gasteiger partial charge in [0.15, 0.2) is 0 Å². The first-order valence-electron chi connectivity index (χ1n) is 7.45. The summed E-state index contributed by atoms with van der Waals surface area (Å²) in [4.78, 5) is 12.8. The summed E-state index contributed by atoms with van der Waals surface area (Å²) in [6.07, 6.45) is -4.11. The van der Waals surface area contributed by atoms with Crippen LogP contribution in [0.1, 0.15) is 28.8 Å². The topological polar surface area (TPSA) is 65.3 Å². The molecule has 0 saturated carbocycles. The largest absolute Gasteiger partial charge is 0.478 e. The lowest BCUT2D eigenvalue weighted by Crippen LogP contribution is -2.35. The molecule has 9 heteroatoms. The smallest absolute Gasteiger partial charge is 0.437 e. The van der Waals surface area contributed by atoms with E-state index >= 15 is 0 Å². The van der Waals surface area contributed by atoms with Crippen LogP contribution in [0.15, 0.2) is 28.4 Å². The highest BCUT2D eigenvalue weighted by Gasteiger charge is 2.64. The minimum atomic E-state index is -4.47. The summed E-state index contributed by atoms with van der Waals surface area (Å²) in [5, 5.41) is 15.3. The second-order valence-corrected chi connectivity index (χ2v) is 6.22. The van der Waals surface area contributed by atoms with E-state index in [-0.39, 0.29) is 30.0 Å². The van der Waals surface area contributed by atoms with Crippen molar-refractivity contribution >= 4 is 5.97 Å². The molecule has 5 nitrogen and oxygen atoms in total. The highest BCUT2D eigenvalue weighted by Crippen LogP contribution is 2.49. The molecule has 0 bridgehead atoms. The lowest BCUT2D eigenvalue weighted by atomic mass is 9.96. The van der Waals surface area contributed by atoms with Crippen molar-refractivity contribution in [2.24, 2.45) is 16.1 Å². The zero-order valence-corrected chi connectivity index (χ0v) is 12.6. The van der Waals surface area contributed by atoms with Gasteiger partial charge in [0, 0.05) is 25.1 Å². The van der Waals surface area contributed by atoms with Crippen molar-refractivity contribution in [2.45, 2.75) is 31.2 Å². The molecule has 1 unspecified atom stereocenters. The van der Waals surface area contributed by atoms with Crippen molar-refractivity contribution in [1.82, 2.24) is 4.90 Å². The summed E-state index contributed by atoms with van der Waals surface area (Å²) >= 11 is 0. The van der Waals surface area contributed by atoms with Crippen LogP contribution in [-0.4, -0.2) is 40.9 Å². The van der Waals surface area contributed by atoms with Crippen LogP contribution in [-0.2, 0) is 6.54 Å². The fraction of sp³-hybridized carbons (Fsp3) is 0.533. The van der Waals surface area contributed by atoms with Crippen molar-refractivity contribution in [3.63, 3.8) is 0 Å². The van der Waals surface area contributed by atoms with Crippen LogP contribution < -0.4 is 0 Å². The quantitative estimate of drug-likeness (QED) is 0.831. The van der Waals surface area contributed by atoms with E-state index < -0.39 is 23.6 Å². The van der Waals surface area contributed by atoms with Crippen LogP contribution in [0.2, 0.25) is 0 Å². The molecule has 0 radical (unpaired) electrons. The number of carbonyl (C=O) groups is 1. The number of nitrogens with zero attached hydrogens (tertiary/aromatic N) is 3. The number of alkyl halides is 3. The predicted octanol–water partition coefficient (Wildman–Crippen LogP) is 3.46. The van der Waals surface area contributed by atoms with Crippen molar-refractivity contribution in [2.75, 3.05) is 13.1 Å². The summed E-state index contributed by atoms with van der Waals surface area (Å²) in [6, 6.07) is 3.53. The van der Waals surface area contributed by atoms with E-state index in [1.165, 1.54) is 12.1 Å². The van der Waals surface area contributed by atoms with Crippen LogP contribution in [0, 0.1) is 11.7 Å². The SMILES string of the molecule is O=C(O)c1ccc(F)c(CN2CCC(CC3(C(F)(F)F)N=N3)C2)c1. The fourth-order valence-electron chi connectivity index (χ4n) is 3.07. The van der Waals surface area contributed by atoms with Crippen LogP contribution in [0.25, 0.3) is 0 Å². The van der Waals surface area contributed by atoms with E-state index in [2.05, 4.69) is 10.2 Å². The zero-order chi connectivity index (χ0) is 17.5. The molecule has 0 spiro atoms. The lowest BCUT2D eigenvalue weighted by molar-refractivity contribution is -0.167. The molecule has 2 heterocycles. The first kappa shape index (κ1) is 16.8. The number of carboxylic acid groups (broad SMARTS) is 1. The van der Waals surface area contributed by atoms with E-state index in [4.69, 9.17) is 5.11 Å². The third-order valence-electron chi connectivity index (χ3n) is 4.43. The first-order chi connectivity index (χ1) is 11.2. The van der Waals surface area contributed by atoms with Crippen molar-refractivity contribution in [1.29, 1.82) is 0 Å². The molecule has 0 aromatic heterocycles. The number of rotatable bonds is 5. The maximum absolute atomic E-state index is 13.8. The Morgan fingerprint density at radius 2 is 2.08 bits per heavy atom. The third-order valence-corrected chi connectivity index (χ3v) is 4.43. The minimum Gasteiger partial charge on any atom is -0.478 e. The summed E-state index contributed by atoms with van der Waals surface area (Å²) in [6.45, 7) is 1.06. The molecule has 2 aliphatic rings. The van der Waals surface area contributed by atoms with E-state index in [1.807, 2.05) is 4.90 Å². The van der Waals surface area contributed by atoms with Crippen molar-refractivity contribution in [3.8, 4) is 0 Å². The number of likely N-dealkylation sites (tertiary alicyclic amines) is 1. The van der Waals surface area contributed by atoms with Gasteiger partial charge in [-0.1, -0.05) is 0 Å². The Hall–Kier alpha value is -2.03. The van der Waals surface area contributed by atoms with Gasteiger partial charge in [-0.25, -0.2) is 9.18 Å². The molecule has 1 aromatic carbocycles. The summed E-state index contributed by atoms with van der Waals surface area (Å²) in [5.74, 6) is -1.91. The Balaban J connectivity index is 1.61. The maximum atomic E-state index is 13.8. The Bertz CT molecular complexity index is 684. The van der Waals surface area contributed by atoms with Gasteiger partial charge in [-0.2, -0.15) is 13.2 Å². The number of hydrogen-bond donors (Lipinski definition) is 1. The third kappa shape index (κ3) is 3.26. The Morgan fingerprint density at radius 3 is 2.67 bits per heavy atom. The number of aromatic carboxylic acids is 1. The molecule has 1 aromatic rings. The number of benzene rings is 1. The predicted molar refractivity (Wildman–Crippen MR) is 75.0 cm³/mol. The molecule has 0 aliphatic carbocycles. The van der Waals surface area contributed by atoms with Gasteiger partial charge in [0.25, 0.3) is 5.66 Å². The molecule has 2 aliphatic heterocycles. The second kappa shape index (κ2) is 5.80. The molecule has 1 saturated heterocycles. The second-order valence-electron chi connectivity index (χ2n) is 6.22. The van der Waals surface area contributed by atoms with Crippen LogP contribution in [0.3, 0.4) is 0 Å². The van der Waals surface area contributed by atoms with E-state index in [0.717, 1.165) is 6.07 Å². The van der Waals surface area contributed by atoms with Gasteiger partial charge >= 0.3 is 12.1 Å². The lowest BCUT2D eigenvalue weighted by Gasteiger charge is -2.19. The molecule has 1 N–H and O–H groups in total. The maximum Gasteiger partial charge on any atom is 0.437 e.